The summed E-state index contributed by atoms with van der Waals surface area (Å²) in [6, 6.07) is 15.0. The van der Waals surface area contributed by atoms with Gasteiger partial charge in [-0.15, -0.1) is 0 Å². The summed E-state index contributed by atoms with van der Waals surface area (Å²) in [6.07, 6.45) is 5.74. The van der Waals surface area contributed by atoms with Crippen molar-refractivity contribution in [3.05, 3.63) is 64.2 Å². The molecule has 0 aromatic heterocycles. The van der Waals surface area contributed by atoms with Gasteiger partial charge < -0.3 is 14.8 Å². The van der Waals surface area contributed by atoms with E-state index in [2.05, 4.69) is 5.32 Å². The Morgan fingerprint density at radius 3 is 2.67 bits per heavy atom. The van der Waals surface area contributed by atoms with Gasteiger partial charge in [0.2, 0.25) is 0 Å². The van der Waals surface area contributed by atoms with Gasteiger partial charge in [-0.3, -0.25) is 4.79 Å². The van der Waals surface area contributed by atoms with Crippen molar-refractivity contribution in [1.29, 1.82) is 5.26 Å². The predicted molar refractivity (Wildman–Crippen MR) is 117 cm³/mol. The van der Waals surface area contributed by atoms with Gasteiger partial charge >= 0.3 is 0 Å². The van der Waals surface area contributed by atoms with Crippen LogP contribution in [-0.2, 0) is 11.4 Å². The van der Waals surface area contributed by atoms with Gasteiger partial charge in [0.15, 0.2) is 11.5 Å². The summed E-state index contributed by atoms with van der Waals surface area (Å²) in [4.78, 5) is 12.4. The van der Waals surface area contributed by atoms with Crippen molar-refractivity contribution in [2.75, 3.05) is 6.61 Å². The number of nitrogens with zero attached hydrogens (tertiary/aromatic N) is 1. The van der Waals surface area contributed by atoms with Crippen LogP contribution in [0.1, 0.15) is 43.7 Å². The average Bonchev–Trinajstić information content (AvgIpc) is 3.25. The number of hydrogen-bond donors (Lipinski definition) is 1. The molecule has 0 bridgehead atoms. The largest absolute Gasteiger partial charge is 0.490 e. The van der Waals surface area contributed by atoms with Gasteiger partial charge in [-0.05, 0) is 49.6 Å². The molecule has 6 heteroatoms. The van der Waals surface area contributed by atoms with Crippen molar-refractivity contribution in [2.45, 2.75) is 45.3 Å². The maximum absolute atomic E-state index is 12.4. The number of nitriles is 1. The lowest BCUT2D eigenvalue weighted by Crippen LogP contribution is -2.33. The van der Waals surface area contributed by atoms with Crippen molar-refractivity contribution in [2.24, 2.45) is 0 Å². The van der Waals surface area contributed by atoms with Crippen molar-refractivity contribution < 1.29 is 14.3 Å². The fourth-order valence-corrected chi connectivity index (χ4v) is 3.61. The van der Waals surface area contributed by atoms with E-state index >= 15 is 0 Å². The summed E-state index contributed by atoms with van der Waals surface area (Å²) in [5, 5.41) is 13.0. The second kappa shape index (κ2) is 10.7. The number of amides is 1. The first-order valence-corrected chi connectivity index (χ1v) is 10.5. The van der Waals surface area contributed by atoms with E-state index in [9.17, 15) is 10.1 Å². The van der Waals surface area contributed by atoms with Gasteiger partial charge in [0.25, 0.3) is 5.91 Å². The Kier molecular flexibility index (Phi) is 7.75. The summed E-state index contributed by atoms with van der Waals surface area (Å²) in [5.74, 6) is 0.788. The van der Waals surface area contributed by atoms with E-state index in [1.54, 1.807) is 24.3 Å². The second-order valence-corrected chi connectivity index (χ2v) is 7.55. The minimum absolute atomic E-state index is 0.0779. The van der Waals surface area contributed by atoms with Crippen LogP contribution in [0.5, 0.6) is 11.5 Å². The molecular weight excluding hydrogens is 400 g/mol. The van der Waals surface area contributed by atoms with Crippen LogP contribution in [0.3, 0.4) is 0 Å². The van der Waals surface area contributed by atoms with E-state index in [-0.39, 0.29) is 17.5 Å². The Labute approximate surface area is 182 Å². The quantitative estimate of drug-likeness (QED) is 0.462. The molecule has 1 fully saturated rings. The molecule has 1 aliphatic rings. The third-order valence-corrected chi connectivity index (χ3v) is 5.34. The summed E-state index contributed by atoms with van der Waals surface area (Å²) < 4.78 is 11.6. The van der Waals surface area contributed by atoms with Crippen LogP contribution in [0.2, 0.25) is 5.02 Å². The second-order valence-electron chi connectivity index (χ2n) is 7.14. The molecule has 5 nitrogen and oxygen atoms in total. The highest BCUT2D eigenvalue weighted by molar-refractivity contribution is 6.31. The van der Waals surface area contributed by atoms with Crippen molar-refractivity contribution >= 4 is 23.6 Å². The van der Waals surface area contributed by atoms with Crippen LogP contribution in [0.15, 0.2) is 48.0 Å². The van der Waals surface area contributed by atoms with Gasteiger partial charge in [-0.2, -0.15) is 5.26 Å². The number of hydrogen-bond acceptors (Lipinski definition) is 4. The number of halogens is 1. The molecule has 1 amide bonds. The molecule has 30 heavy (non-hydrogen) atoms. The number of benzene rings is 2. The number of rotatable bonds is 8. The van der Waals surface area contributed by atoms with Crippen molar-refractivity contribution in [3.8, 4) is 17.6 Å². The number of nitrogens with one attached hydrogen (secondary N) is 1. The molecule has 0 spiro atoms. The lowest BCUT2D eigenvalue weighted by Gasteiger charge is -2.14. The number of ether oxygens (including phenoxy) is 2. The summed E-state index contributed by atoms with van der Waals surface area (Å²) in [7, 11) is 0. The molecule has 2 aromatic carbocycles. The maximum atomic E-state index is 12.4. The molecule has 2 aromatic rings. The van der Waals surface area contributed by atoms with Crippen LogP contribution in [0, 0.1) is 11.3 Å². The van der Waals surface area contributed by atoms with Gasteiger partial charge in [0.1, 0.15) is 18.2 Å². The molecule has 0 radical (unpaired) electrons. The standard InChI is InChI=1S/C24H25ClN2O3/c1-2-29-23-14-17(13-19(15-26)24(28)27-20-8-4-5-9-20)11-12-22(23)30-16-18-7-3-6-10-21(18)25/h3,6-7,10-14,20H,2,4-5,8-9,16H2,1H3,(H,27,28)/b19-13-. The van der Waals surface area contributed by atoms with Crippen LogP contribution >= 0.6 is 11.6 Å². The van der Waals surface area contributed by atoms with Crippen LogP contribution < -0.4 is 14.8 Å². The van der Waals surface area contributed by atoms with E-state index in [1.165, 1.54) is 0 Å². The molecule has 156 valence electrons. The number of carbonyl (C=O) groups excluding carboxylic acids is 1. The third kappa shape index (κ3) is 5.77. The smallest absolute Gasteiger partial charge is 0.262 e. The van der Waals surface area contributed by atoms with Gasteiger partial charge in [-0.25, -0.2) is 0 Å². The van der Waals surface area contributed by atoms with Gasteiger partial charge in [0, 0.05) is 16.6 Å². The van der Waals surface area contributed by atoms with E-state index in [1.807, 2.05) is 37.3 Å². The Morgan fingerprint density at radius 1 is 1.20 bits per heavy atom. The fraction of sp³-hybridized carbons (Fsp3) is 0.333. The Hall–Kier alpha value is -2.97. The molecule has 1 N–H and O–H groups in total. The molecule has 3 rings (SSSR count). The lowest BCUT2D eigenvalue weighted by atomic mass is 10.1. The third-order valence-electron chi connectivity index (χ3n) is 4.98. The van der Waals surface area contributed by atoms with Gasteiger partial charge in [-0.1, -0.05) is 48.7 Å². The molecule has 1 aliphatic carbocycles. The van der Waals surface area contributed by atoms with Crippen LogP contribution in [0.25, 0.3) is 6.08 Å². The van der Waals surface area contributed by atoms with E-state index in [4.69, 9.17) is 21.1 Å². The molecule has 0 atom stereocenters. The minimum atomic E-state index is -0.332. The zero-order valence-electron chi connectivity index (χ0n) is 17.0. The van der Waals surface area contributed by atoms with Gasteiger partial charge in [0.05, 0.1) is 6.61 Å². The zero-order chi connectivity index (χ0) is 21.3. The minimum Gasteiger partial charge on any atom is -0.490 e. The predicted octanol–water partition coefficient (Wildman–Crippen LogP) is 5.28. The molecule has 0 unspecified atom stereocenters. The summed E-state index contributed by atoms with van der Waals surface area (Å²) in [5.41, 5.74) is 1.65. The molecule has 0 aliphatic heterocycles. The molecule has 1 saturated carbocycles. The summed E-state index contributed by atoms with van der Waals surface area (Å²) >= 11 is 6.19. The highest BCUT2D eigenvalue weighted by Gasteiger charge is 2.19. The first-order valence-electron chi connectivity index (χ1n) is 10.2. The fourth-order valence-electron chi connectivity index (χ4n) is 3.42. The number of carbonyl (C=O) groups is 1. The average molecular weight is 425 g/mol. The van der Waals surface area contributed by atoms with E-state index in [0.717, 1.165) is 31.2 Å². The Morgan fingerprint density at radius 2 is 1.97 bits per heavy atom. The highest BCUT2D eigenvalue weighted by atomic mass is 35.5. The summed E-state index contributed by atoms with van der Waals surface area (Å²) in [6.45, 7) is 2.65. The highest BCUT2D eigenvalue weighted by Crippen LogP contribution is 2.31. The van der Waals surface area contributed by atoms with Crippen LogP contribution in [0.4, 0.5) is 0 Å². The Bertz CT molecular complexity index is 959. The molecular formula is C24H25ClN2O3. The van der Waals surface area contributed by atoms with E-state index < -0.39 is 0 Å². The van der Waals surface area contributed by atoms with E-state index in [0.29, 0.717) is 35.3 Å². The van der Waals surface area contributed by atoms with Crippen molar-refractivity contribution in [3.63, 3.8) is 0 Å². The molecule has 0 heterocycles. The lowest BCUT2D eigenvalue weighted by molar-refractivity contribution is -0.117. The topological polar surface area (TPSA) is 71.3 Å². The zero-order valence-corrected chi connectivity index (χ0v) is 17.7. The SMILES string of the molecule is CCOc1cc(/C=C(/C#N)C(=O)NC2CCCC2)ccc1OCc1ccccc1Cl. The normalized spacial score (nSPS) is 14.2. The van der Waals surface area contributed by atoms with Crippen LogP contribution in [-0.4, -0.2) is 18.6 Å². The first kappa shape index (κ1) is 21.7. The Balaban J connectivity index is 1.75. The van der Waals surface area contributed by atoms with Crippen molar-refractivity contribution in [1.82, 2.24) is 5.32 Å². The maximum Gasteiger partial charge on any atom is 0.262 e. The monoisotopic (exact) mass is 424 g/mol. The molecule has 0 saturated heterocycles. The first-order chi connectivity index (χ1) is 14.6.